The predicted octanol–water partition coefficient (Wildman–Crippen LogP) is 5.64. The summed E-state index contributed by atoms with van der Waals surface area (Å²) >= 11 is 6.45. The second-order valence-corrected chi connectivity index (χ2v) is 5.32. The van der Waals surface area contributed by atoms with Gasteiger partial charge in [0.2, 0.25) is 0 Å². The Hall–Kier alpha value is -2.25. The van der Waals surface area contributed by atoms with E-state index in [9.17, 15) is 0 Å². The highest BCUT2D eigenvalue weighted by atomic mass is 35.5. The highest BCUT2D eigenvalue weighted by Gasteiger charge is 2.09. The van der Waals surface area contributed by atoms with Crippen molar-refractivity contribution < 1.29 is 0 Å². The van der Waals surface area contributed by atoms with Crippen molar-refractivity contribution in [2.24, 2.45) is 0 Å². The van der Waals surface area contributed by atoms with Gasteiger partial charge in [-0.05, 0) is 29.3 Å². The van der Waals surface area contributed by atoms with Gasteiger partial charge in [0.25, 0.3) is 0 Å². The maximum Gasteiger partial charge on any atom is 0.0654 e. The quantitative estimate of drug-likeness (QED) is 0.463. The van der Waals surface area contributed by atoms with Crippen LogP contribution in [0.4, 0.5) is 0 Å². The first-order chi connectivity index (χ1) is 9.83. The Labute approximate surface area is 121 Å². The number of halogens is 1. The number of para-hydroxylation sites is 1. The molecule has 0 saturated carbocycles. The number of fused-ring (bicyclic) bond motifs is 3. The average molecular weight is 278 g/mol. The van der Waals surface area contributed by atoms with E-state index in [1.807, 2.05) is 30.3 Å². The Morgan fingerprint density at radius 2 is 1.45 bits per heavy atom. The van der Waals surface area contributed by atoms with Crippen LogP contribution in [0.1, 0.15) is 0 Å². The van der Waals surface area contributed by atoms with E-state index in [0.29, 0.717) is 0 Å². The van der Waals surface area contributed by atoms with Crippen molar-refractivity contribution in [3.8, 4) is 11.1 Å². The van der Waals surface area contributed by atoms with Gasteiger partial charge in [0.05, 0.1) is 10.5 Å². The fourth-order valence-electron chi connectivity index (χ4n) is 2.71. The third kappa shape index (κ3) is 1.71. The van der Waals surface area contributed by atoms with E-state index in [2.05, 4.69) is 41.4 Å². The van der Waals surface area contributed by atoms with Gasteiger partial charge in [0.15, 0.2) is 0 Å². The molecule has 1 aromatic heterocycles. The number of aromatic nitrogens is 1. The van der Waals surface area contributed by atoms with Gasteiger partial charge in [-0.25, -0.2) is 0 Å². The van der Waals surface area contributed by atoms with E-state index in [1.54, 1.807) is 0 Å². The molecule has 3 aromatic carbocycles. The van der Waals surface area contributed by atoms with Crippen LogP contribution in [0.3, 0.4) is 0 Å². The summed E-state index contributed by atoms with van der Waals surface area (Å²) in [7, 11) is 0. The van der Waals surface area contributed by atoms with Gasteiger partial charge in [0.1, 0.15) is 0 Å². The van der Waals surface area contributed by atoms with Crippen LogP contribution in [0.2, 0.25) is 5.02 Å². The molecule has 4 rings (SSSR count). The fourth-order valence-corrected chi connectivity index (χ4v) is 2.97. The monoisotopic (exact) mass is 277 g/mol. The molecule has 20 heavy (non-hydrogen) atoms. The number of hydrogen-bond acceptors (Lipinski definition) is 0. The summed E-state index contributed by atoms with van der Waals surface area (Å²) in [5.74, 6) is 0. The third-order valence-electron chi connectivity index (χ3n) is 3.67. The fraction of sp³-hybridized carbons (Fsp3) is 0. The van der Waals surface area contributed by atoms with Gasteiger partial charge in [-0.1, -0.05) is 60.1 Å². The van der Waals surface area contributed by atoms with E-state index in [1.165, 1.54) is 16.3 Å². The molecule has 1 N–H and O–H groups in total. The first-order valence-corrected chi connectivity index (χ1v) is 6.96. The van der Waals surface area contributed by atoms with Crippen LogP contribution in [0.5, 0.6) is 0 Å². The van der Waals surface area contributed by atoms with Crippen LogP contribution in [0.25, 0.3) is 32.9 Å². The summed E-state index contributed by atoms with van der Waals surface area (Å²) in [5, 5.41) is 3.15. The molecular weight excluding hydrogens is 266 g/mol. The van der Waals surface area contributed by atoms with E-state index in [0.717, 1.165) is 21.6 Å². The molecule has 1 heterocycles. The molecule has 0 saturated heterocycles. The smallest absolute Gasteiger partial charge is 0.0654 e. The predicted molar refractivity (Wildman–Crippen MR) is 86.3 cm³/mol. The molecule has 2 heteroatoms. The first kappa shape index (κ1) is 11.6. The topological polar surface area (TPSA) is 15.8 Å². The maximum atomic E-state index is 6.45. The lowest BCUT2D eigenvalue weighted by molar-refractivity contribution is 1.54. The van der Waals surface area contributed by atoms with E-state index in [-0.39, 0.29) is 0 Å². The van der Waals surface area contributed by atoms with Gasteiger partial charge in [-0.3, -0.25) is 0 Å². The minimum absolute atomic E-state index is 0.762. The van der Waals surface area contributed by atoms with Crippen LogP contribution in [0, 0.1) is 0 Å². The molecule has 0 aliphatic rings. The molecule has 96 valence electrons. The summed E-state index contributed by atoms with van der Waals surface area (Å²) < 4.78 is 0. The molecule has 0 radical (unpaired) electrons. The first-order valence-electron chi connectivity index (χ1n) is 6.58. The summed E-state index contributed by atoms with van der Waals surface area (Å²) in [5.41, 5.74) is 4.46. The Balaban J connectivity index is 2.08. The zero-order valence-electron chi connectivity index (χ0n) is 10.7. The molecule has 4 aromatic rings. The zero-order chi connectivity index (χ0) is 13.5. The number of aromatic amines is 1. The van der Waals surface area contributed by atoms with E-state index in [4.69, 9.17) is 11.6 Å². The standard InChI is InChI=1S/C18H12ClN/c19-16-11-13(12-6-2-1-3-7-12)10-15-14-8-4-5-9-17(14)20-18(15)16/h1-11,20H. The number of nitrogens with one attached hydrogen (secondary N) is 1. The van der Waals surface area contributed by atoms with Gasteiger partial charge in [0, 0.05) is 16.3 Å². The van der Waals surface area contributed by atoms with Crippen LogP contribution in [-0.4, -0.2) is 4.98 Å². The van der Waals surface area contributed by atoms with Crippen LogP contribution < -0.4 is 0 Å². The lowest BCUT2D eigenvalue weighted by Gasteiger charge is -2.03. The minimum atomic E-state index is 0.762. The van der Waals surface area contributed by atoms with E-state index >= 15 is 0 Å². The average Bonchev–Trinajstić information content (AvgIpc) is 2.88. The third-order valence-corrected chi connectivity index (χ3v) is 3.97. The van der Waals surface area contributed by atoms with Crippen LogP contribution in [0.15, 0.2) is 66.7 Å². The minimum Gasteiger partial charge on any atom is -0.353 e. The lowest BCUT2D eigenvalue weighted by atomic mass is 10.0. The molecule has 0 unspecified atom stereocenters. The SMILES string of the molecule is Clc1cc(-c2ccccc2)cc2c1[nH]c1ccccc12. The molecule has 0 bridgehead atoms. The molecule has 1 nitrogen and oxygen atoms in total. The Morgan fingerprint density at radius 3 is 2.30 bits per heavy atom. The second-order valence-electron chi connectivity index (χ2n) is 4.92. The molecule has 0 fully saturated rings. The van der Waals surface area contributed by atoms with Gasteiger partial charge in [-0.15, -0.1) is 0 Å². The lowest BCUT2D eigenvalue weighted by Crippen LogP contribution is -1.79. The number of benzene rings is 3. The van der Waals surface area contributed by atoms with Crippen LogP contribution >= 0.6 is 11.6 Å². The normalized spacial score (nSPS) is 11.2. The number of hydrogen-bond donors (Lipinski definition) is 1. The Kier molecular flexibility index (Phi) is 2.54. The second kappa shape index (κ2) is 4.39. The Morgan fingerprint density at radius 1 is 0.700 bits per heavy atom. The van der Waals surface area contributed by atoms with Crippen molar-refractivity contribution in [2.75, 3.05) is 0 Å². The zero-order valence-corrected chi connectivity index (χ0v) is 11.5. The number of rotatable bonds is 1. The van der Waals surface area contributed by atoms with Gasteiger partial charge in [-0.2, -0.15) is 0 Å². The molecule has 0 amide bonds. The highest BCUT2D eigenvalue weighted by molar-refractivity contribution is 6.36. The summed E-state index contributed by atoms with van der Waals surface area (Å²) in [4.78, 5) is 3.39. The van der Waals surface area contributed by atoms with Crippen molar-refractivity contribution in [3.05, 3.63) is 71.8 Å². The van der Waals surface area contributed by atoms with Crippen molar-refractivity contribution in [2.45, 2.75) is 0 Å². The Bertz CT molecular complexity index is 907. The summed E-state index contributed by atoms with van der Waals surface area (Å²) in [6, 6.07) is 22.8. The van der Waals surface area contributed by atoms with Crippen molar-refractivity contribution in [1.29, 1.82) is 0 Å². The molecule has 0 aliphatic carbocycles. The summed E-state index contributed by atoms with van der Waals surface area (Å²) in [6.07, 6.45) is 0. The maximum absolute atomic E-state index is 6.45. The number of H-pyrrole nitrogens is 1. The molecule has 0 atom stereocenters. The highest BCUT2D eigenvalue weighted by Crippen LogP contribution is 2.34. The van der Waals surface area contributed by atoms with Gasteiger partial charge < -0.3 is 4.98 Å². The molecule has 0 aliphatic heterocycles. The molecule has 0 spiro atoms. The van der Waals surface area contributed by atoms with Gasteiger partial charge >= 0.3 is 0 Å². The van der Waals surface area contributed by atoms with Crippen LogP contribution in [-0.2, 0) is 0 Å². The van der Waals surface area contributed by atoms with Crippen molar-refractivity contribution >= 4 is 33.4 Å². The largest absolute Gasteiger partial charge is 0.353 e. The molecular formula is C18H12ClN. The summed E-state index contributed by atoms with van der Waals surface area (Å²) in [6.45, 7) is 0. The van der Waals surface area contributed by atoms with Crippen molar-refractivity contribution in [1.82, 2.24) is 4.98 Å². The van der Waals surface area contributed by atoms with Crippen molar-refractivity contribution in [3.63, 3.8) is 0 Å². The van der Waals surface area contributed by atoms with E-state index < -0.39 is 0 Å².